The van der Waals surface area contributed by atoms with E-state index < -0.39 is 0 Å². The number of amides is 1. The number of methoxy groups -OCH3 is 1. The second kappa shape index (κ2) is 6.38. The highest BCUT2D eigenvalue weighted by molar-refractivity contribution is 7.12. The first kappa shape index (κ1) is 13.6. The Morgan fingerprint density at radius 1 is 1.32 bits per heavy atom. The first-order chi connectivity index (χ1) is 9.24. The van der Waals surface area contributed by atoms with E-state index in [-0.39, 0.29) is 11.9 Å². The van der Waals surface area contributed by atoms with E-state index in [4.69, 9.17) is 4.74 Å². The van der Waals surface area contributed by atoms with Gasteiger partial charge in [0.25, 0.3) is 5.91 Å². The molecule has 0 fully saturated rings. The molecule has 4 heteroatoms. The summed E-state index contributed by atoms with van der Waals surface area (Å²) >= 11 is 1.45. The van der Waals surface area contributed by atoms with Gasteiger partial charge in [0.1, 0.15) is 5.75 Å². The number of hydrogen-bond acceptors (Lipinski definition) is 3. The van der Waals surface area contributed by atoms with Crippen LogP contribution < -0.4 is 10.1 Å². The number of rotatable bonds is 5. The van der Waals surface area contributed by atoms with Crippen molar-refractivity contribution in [2.45, 2.75) is 19.4 Å². The molecule has 1 N–H and O–H groups in total. The third-order valence-corrected chi connectivity index (χ3v) is 3.85. The molecule has 0 aliphatic rings. The van der Waals surface area contributed by atoms with E-state index in [0.29, 0.717) is 0 Å². The molecule has 0 unspecified atom stereocenters. The average Bonchev–Trinajstić information content (AvgIpc) is 2.99. The maximum atomic E-state index is 12.0. The van der Waals surface area contributed by atoms with E-state index in [0.717, 1.165) is 22.6 Å². The van der Waals surface area contributed by atoms with Crippen molar-refractivity contribution in [3.8, 4) is 5.75 Å². The van der Waals surface area contributed by atoms with Gasteiger partial charge < -0.3 is 10.1 Å². The van der Waals surface area contributed by atoms with Gasteiger partial charge in [0.2, 0.25) is 0 Å². The molecule has 0 saturated heterocycles. The van der Waals surface area contributed by atoms with Gasteiger partial charge in [0.05, 0.1) is 18.0 Å². The van der Waals surface area contributed by atoms with Crippen LogP contribution in [0, 0.1) is 0 Å². The molecule has 1 amide bonds. The van der Waals surface area contributed by atoms with Crippen molar-refractivity contribution >= 4 is 17.2 Å². The van der Waals surface area contributed by atoms with E-state index in [2.05, 4.69) is 12.2 Å². The number of thiophene rings is 1. The van der Waals surface area contributed by atoms with Crippen molar-refractivity contribution < 1.29 is 9.53 Å². The molecule has 2 rings (SSSR count). The summed E-state index contributed by atoms with van der Waals surface area (Å²) in [6.07, 6.45) is 0.851. The highest BCUT2D eigenvalue weighted by Crippen LogP contribution is 2.21. The molecule has 0 spiro atoms. The number of carbonyl (C=O) groups excluding carboxylic acids is 1. The average molecular weight is 275 g/mol. The predicted molar refractivity (Wildman–Crippen MR) is 77.8 cm³/mol. The van der Waals surface area contributed by atoms with Gasteiger partial charge in [-0.2, -0.15) is 0 Å². The highest BCUT2D eigenvalue weighted by Gasteiger charge is 2.14. The quantitative estimate of drug-likeness (QED) is 0.904. The zero-order chi connectivity index (χ0) is 13.7. The summed E-state index contributed by atoms with van der Waals surface area (Å²) < 4.78 is 5.14. The first-order valence-corrected chi connectivity index (χ1v) is 7.11. The Balaban J connectivity index is 2.09. The maximum absolute atomic E-state index is 12.0. The van der Waals surface area contributed by atoms with Gasteiger partial charge in [-0.3, -0.25) is 4.79 Å². The molecule has 19 heavy (non-hydrogen) atoms. The van der Waals surface area contributed by atoms with Gasteiger partial charge >= 0.3 is 0 Å². The van der Waals surface area contributed by atoms with Crippen molar-refractivity contribution in [1.29, 1.82) is 0 Å². The van der Waals surface area contributed by atoms with E-state index in [1.165, 1.54) is 11.3 Å². The molecule has 1 aromatic carbocycles. The second-order valence-electron chi connectivity index (χ2n) is 4.18. The highest BCUT2D eigenvalue weighted by atomic mass is 32.1. The second-order valence-corrected chi connectivity index (χ2v) is 5.13. The summed E-state index contributed by atoms with van der Waals surface area (Å²) in [6, 6.07) is 11.5. The minimum Gasteiger partial charge on any atom is -0.497 e. The minimum absolute atomic E-state index is 0.0160. The minimum atomic E-state index is -0.0160. The summed E-state index contributed by atoms with van der Waals surface area (Å²) in [5.74, 6) is 0.806. The lowest BCUT2D eigenvalue weighted by molar-refractivity contribution is 0.0939. The summed E-state index contributed by atoms with van der Waals surface area (Å²) in [5, 5.41) is 4.96. The zero-order valence-electron chi connectivity index (χ0n) is 11.1. The fourth-order valence-corrected chi connectivity index (χ4v) is 2.52. The van der Waals surface area contributed by atoms with Crippen LogP contribution in [-0.4, -0.2) is 13.0 Å². The monoisotopic (exact) mass is 275 g/mol. The van der Waals surface area contributed by atoms with Gasteiger partial charge in [-0.1, -0.05) is 25.1 Å². The Kier molecular flexibility index (Phi) is 4.58. The molecule has 0 radical (unpaired) electrons. The Hall–Kier alpha value is -1.81. The van der Waals surface area contributed by atoms with Crippen LogP contribution in [0.2, 0.25) is 0 Å². The molecule has 2 aromatic rings. The van der Waals surface area contributed by atoms with Gasteiger partial charge in [-0.05, 0) is 35.6 Å². The normalized spacial score (nSPS) is 11.9. The molecular formula is C15H17NO2S. The van der Waals surface area contributed by atoms with Crippen molar-refractivity contribution in [3.05, 3.63) is 52.2 Å². The summed E-state index contributed by atoms with van der Waals surface area (Å²) in [5.41, 5.74) is 1.09. The van der Waals surface area contributed by atoms with Crippen LogP contribution in [0.25, 0.3) is 0 Å². The lowest BCUT2D eigenvalue weighted by Gasteiger charge is -2.17. The van der Waals surface area contributed by atoms with Crippen LogP contribution in [-0.2, 0) is 0 Å². The van der Waals surface area contributed by atoms with Crippen LogP contribution in [0.1, 0.15) is 34.6 Å². The number of nitrogens with one attached hydrogen (secondary N) is 1. The van der Waals surface area contributed by atoms with Crippen LogP contribution in [0.5, 0.6) is 5.75 Å². The summed E-state index contributed by atoms with van der Waals surface area (Å²) in [6.45, 7) is 2.06. The van der Waals surface area contributed by atoms with Gasteiger partial charge in [0, 0.05) is 0 Å². The molecule has 100 valence electrons. The largest absolute Gasteiger partial charge is 0.497 e. The Morgan fingerprint density at radius 2 is 2.05 bits per heavy atom. The predicted octanol–water partition coefficient (Wildman–Crippen LogP) is 3.64. The lowest BCUT2D eigenvalue weighted by atomic mass is 10.0. The van der Waals surface area contributed by atoms with E-state index in [9.17, 15) is 4.79 Å². The van der Waals surface area contributed by atoms with Crippen LogP contribution in [0.15, 0.2) is 41.8 Å². The van der Waals surface area contributed by atoms with Crippen LogP contribution in [0.3, 0.4) is 0 Å². The fraction of sp³-hybridized carbons (Fsp3) is 0.267. The molecule has 1 aromatic heterocycles. The molecule has 0 aliphatic heterocycles. The molecule has 0 aliphatic carbocycles. The Labute approximate surface area is 117 Å². The van der Waals surface area contributed by atoms with Crippen molar-refractivity contribution in [2.75, 3.05) is 7.11 Å². The van der Waals surface area contributed by atoms with E-state index in [1.807, 2.05) is 41.8 Å². The van der Waals surface area contributed by atoms with E-state index >= 15 is 0 Å². The molecule has 1 heterocycles. The summed E-state index contributed by atoms with van der Waals surface area (Å²) in [4.78, 5) is 12.8. The number of hydrogen-bond donors (Lipinski definition) is 1. The summed E-state index contributed by atoms with van der Waals surface area (Å²) in [7, 11) is 1.64. The molecule has 1 atom stereocenters. The molecule has 0 saturated carbocycles. The Bertz CT molecular complexity index is 520. The topological polar surface area (TPSA) is 38.3 Å². The van der Waals surface area contributed by atoms with Crippen molar-refractivity contribution in [2.24, 2.45) is 0 Å². The number of carbonyl (C=O) groups is 1. The number of ether oxygens (including phenoxy) is 1. The van der Waals surface area contributed by atoms with Crippen LogP contribution in [0.4, 0.5) is 0 Å². The third kappa shape index (κ3) is 3.35. The van der Waals surface area contributed by atoms with E-state index in [1.54, 1.807) is 7.11 Å². The zero-order valence-corrected chi connectivity index (χ0v) is 11.9. The standard InChI is InChI=1S/C15H17NO2S/c1-3-13(11-6-8-12(18-2)9-7-11)16-15(17)14-5-4-10-19-14/h4-10,13H,3H2,1-2H3,(H,16,17)/t13-/m1/s1. The number of benzene rings is 1. The van der Waals surface area contributed by atoms with Gasteiger partial charge in [-0.15, -0.1) is 11.3 Å². The van der Waals surface area contributed by atoms with Gasteiger partial charge in [-0.25, -0.2) is 0 Å². The lowest BCUT2D eigenvalue weighted by Crippen LogP contribution is -2.27. The molecule has 3 nitrogen and oxygen atoms in total. The van der Waals surface area contributed by atoms with Crippen LogP contribution >= 0.6 is 11.3 Å². The molecular weight excluding hydrogens is 258 g/mol. The molecule has 0 bridgehead atoms. The van der Waals surface area contributed by atoms with Crippen molar-refractivity contribution in [1.82, 2.24) is 5.32 Å². The third-order valence-electron chi connectivity index (χ3n) is 2.98. The smallest absolute Gasteiger partial charge is 0.261 e. The fourth-order valence-electron chi connectivity index (χ4n) is 1.89. The van der Waals surface area contributed by atoms with Gasteiger partial charge in [0.15, 0.2) is 0 Å². The van der Waals surface area contributed by atoms with Crippen molar-refractivity contribution in [3.63, 3.8) is 0 Å². The first-order valence-electron chi connectivity index (χ1n) is 6.23. The SMILES string of the molecule is CC[C@@H](NC(=O)c1cccs1)c1ccc(OC)cc1. The maximum Gasteiger partial charge on any atom is 0.261 e. The Morgan fingerprint density at radius 3 is 2.58 bits per heavy atom.